The van der Waals surface area contributed by atoms with Crippen LogP contribution in [0.15, 0.2) is 35.4 Å². The highest BCUT2D eigenvalue weighted by molar-refractivity contribution is 14.1. The number of unbranched alkanes of at least 4 members (excludes halogenated alkanes) is 1. The number of halogens is 1. The zero-order valence-electron chi connectivity index (χ0n) is 12.1. The largest absolute Gasteiger partial charge is 0.462 e. The first-order chi connectivity index (χ1) is 10.6. The topological polar surface area (TPSA) is 70.4 Å². The van der Waals surface area contributed by atoms with Gasteiger partial charge in [0.1, 0.15) is 11.6 Å². The van der Waals surface area contributed by atoms with E-state index in [4.69, 9.17) is 10.00 Å². The summed E-state index contributed by atoms with van der Waals surface area (Å²) in [7, 11) is 0. The fraction of sp³-hybridized carbons (Fsp3) is 0.400. The van der Waals surface area contributed by atoms with Gasteiger partial charge in [0.05, 0.1) is 34.5 Å². The number of ether oxygens (including phenoxy) is 1. The molecule has 0 atom stereocenters. The summed E-state index contributed by atoms with van der Waals surface area (Å²) in [6.07, 6.45) is 6.15. The Hall–Kier alpha value is -1.27. The van der Waals surface area contributed by atoms with Crippen LogP contribution in [0, 0.1) is 11.3 Å². The second-order valence-corrected chi connectivity index (χ2v) is 6.67. The monoisotopic (exact) mass is 432 g/mol. The lowest BCUT2D eigenvalue weighted by atomic mass is 10.2. The van der Waals surface area contributed by atoms with Gasteiger partial charge in [-0.3, -0.25) is 4.79 Å². The summed E-state index contributed by atoms with van der Waals surface area (Å²) in [4.78, 5) is 22.8. The van der Waals surface area contributed by atoms with Gasteiger partial charge in [0, 0.05) is 18.7 Å². The molecular weight excluding hydrogens is 415 g/mol. The Morgan fingerprint density at radius 3 is 2.86 bits per heavy atom. The third kappa shape index (κ3) is 6.66. The highest BCUT2D eigenvalue weighted by atomic mass is 127. The van der Waals surface area contributed by atoms with Crippen LogP contribution >= 0.6 is 34.6 Å². The standard InChI is InChI=1S/C15H17IN2O3S/c1-2-13(19)5-3-4-9-21-15(20)12(11-17)6-7-14-18(16)8-10-22-14/h2,6-7H,1,3-5,8-10H2/b12-6-,14-7-. The minimum Gasteiger partial charge on any atom is -0.462 e. The number of ketones is 1. The van der Waals surface area contributed by atoms with Crippen molar-refractivity contribution < 1.29 is 14.3 Å². The fourth-order valence-electron chi connectivity index (χ4n) is 1.59. The van der Waals surface area contributed by atoms with Gasteiger partial charge < -0.3 is 7.85 Å². The number of carbonyl (C=O) groups is 2. The summed E-state index contributed by atoms with van der Waals surface area (Å²) in [6, 6.07) is 1.85. The number of rotatable bonds is 8. The zero-order valence-corrected chi connectivity index (χ0v) is 15.1. The summed E-state index contributed by atoms with van der Waals surface area (Å²) >= 11 is 3.87. The van der Waals surface area contributed by atoms with E-state index in [1.54, 1.807) is 17.8 Å². The van der Waals surface area contributed by atoms with Gasteiger partial charge in [-0.15, -0.1) is 11.8 Å². The molecule has 0 aromatic heterocycles. The van der Waals surface area contributed by atoms with Crippen molar-refractivity contribution in [1.82, 2.24) is 3.11 Å². The van der Waals surface area contributed by atoms with Crippen molar-refractivity contribution in [3.63, 3.8) is 0 Å². The number of nitriles is 1. The maximum Gasteiger partial charge on any atom is 0.348 e. The lowest BCUT2D eigenvalue weighted by Crippen LogP contribution is -2.08. The van der Waals surface area contributed by atoms with Crippen LogP contribution in [0.1, 0.15) is 19.3 Å². The number of thioether (sulfide) groups is 1. The molecule has 22 heavy (non-hydrogen) atoms. The predicted molar refractivity (Wildman–Crippen MR) is 95.0 cm³/mol. The summed E-state index contributed by atoms with van der Waals surface area (Å²) in [5, 5.41) is 10.0. The van der Waals surface area contributed by atoms with E-state index in [2.05, 4.69) is 29.4 Å². The van der Waals surface area contributed by atoms with Crippen molar-refractivity contribution in [3.8, 4) is 6.07 Å². The van der Waals surface area contributed by atoms with E-state index in [0.717, 1.165) is 17.3 Å². The number of esters is 1. The molecule has 5 nitrogen and oxygen atoms in total. The first kappa shape index (κ1) is 18.8. The van der Waals surface area contributed by atoms with Crippen LogP contribution in [0.25, 0.3) is 0 Å². The lowest BCUT2D eigenvalue weighted by molar-refractivity contribution is -0.138. The second kappa shape index (κ2) is 10.5. The fourth-order valence-corrected chi connectivity index (χ4v) is 3.62. The molecule has 0 unspecified atom stereocenters. The summed E-state index contributed by atoms with van der Waals surface area (Å²) in [6.45, 7) is 4.54. The quantitative estimate of drug-likeness (QED) is 0.147. The average molecular weight is 432 g/mol. The summed E-state index contributed by atoms with van der Waals surface area (Å²) in [5.74, 6) is 0.351. The van der Waals surface area contributed by atoms with Crippen molar-refractivity contribution in [3.05, 3.63) is 35.4 Å². The van der Waals surface area contributed by atoms with E-state index >= 15 is 0 Å². The number of carbonyl (C=O) groups excluding carboxylic acids is 2. The minimum atomic E-state index is -0.627. The van der Waals surface area contributed by atoms with Crippen LogP contribution in [0.5, 0.6) is 0 Å². The van der Waals surface area contributed by atoms with E-state index in [9.17, 15) is 9.59 Å². The first-order valence-electron chi connectivity index (χ1n) is 6.79. The van der Waals surface area contributed by atoms with E-state index in [0.29, 0.717) is 19.3 Å². The third-order valence-corrected chi connectivity index (χ3v) is 5.16. The molecule has 0 aromatic rings. The van der Waals surface area contributed by atoms with Gasteiger partial charge in [-0.25, -0.2) is 4.79 Å². The van der Waals surface area contributed by atoms with Crippen LogP contribution in [-0.4, -0.2) is 33.8 Å². The van der Waals surface area contributed by atoms with Crippen molar-refractivity contribution in [2.45, 2.75) is 19.3 Å². The Kier molecular flexibility index (Phi) is 8.92. The van der Waals surface area contributed by atoms with Crippen LogP contribution in [0.3, 0.4) is 0 Å². The number of nitrogens with zero attached hydrogens (tertiary/aromatic N) is 2. The summed E-state index contributed by atoms with van der Waals surface area (Å²) < 4.78 is 7.07. The van der Waals surface area contributed by atoms with Crippen LogP contribution in [-0.2, 0) is 14.3 Å². The van der Waals surface area contributed by atoms with Crippen molar-refractivity contribution in [2.75, 3.05) is 18.9 Å². The number of hydrogen-bond donors (Lipinski definition) is 0. The van der Waals surface area contributed by atoms with E-state index in [1.807, 2.05) is 9.18 Å². The van der Waals surface area contributed by atoms with Gasteiger partial charge in [-0.05, 0) is 31.1 Å². The molecule has 1 saturated heterocycles. The Morgan fingerprint density at radius 1 is 1.50 bits per heavy atom. The normalized spacial score (nSPS) is 16.5. The highest BCUT2D eigenvalue weighted by Gasteiger charge is 2.15. The van der Waals surface area contributed by atoms with Gasteiger partial charge in [-0.1, -0.05) is 6.58 Å². The molecule has 7 heteroatoms. The van der Waals surface area contributed by atoms with Crippen LogP contribution in [0.2, 0.25) is 0 Å². The average Bonchev–Trinajstić information content (AvgIpc) is 2.92. The molecule has 0 radical (unpaired) electrons. The first-order valence-corrected chi connectivity index (χ1v) is 8.74. The number of hydrogen-bond acceptors (Lipinski definition) is 6. The summed E-state index contributed by atoms with van der Waals surface area (Å²) in [5.41, 5.74) is -0.0213. The van der Waals surface area contributed by atoms with E-state index in [-0.39, 0.29) is 18.0 Å². The van der Waals surface area contributed by atoms with Crippen molar-refractivity contribution >= 4 is 46.4 Å². The molecule has 0 aliphatic carbocycles. The van der Waals surface area contributed by atoms with Crippen LogP contribution in [0.4, 0.5) is 0 Å². The Labute approximate surface area is 148 Å². The van der Waals surface area contributed by atoms with Gasteiger partial charge in [0.15, 0.2) is 5.78 Å². The molecule has 1 fully saturated rings. The SMILES string of the molecule is C=CC(=O)CCCCOC(=O)/C(C#N)=C\C=C1/SCCN1I. The molecule has 0 saturated carbocycles. The zero-order chi connectivity index (χ0) is 16.4. The molecule has 0 spiro atoms. The smallest absolute Gasteiger partial charge is 0.348 e. The second-order valence-electron chi connectivity index (χ2n) is 4.39. The molecular formula is C15H17IN2O3S. The maximum atomic E-state index is 11.8. The van der Waals surface area contributed by atoms with E-state index < -0.39 is 5.97 Å². The van der Waals surface area contributed by atoms with Gasteiger partial charge in [0.25, 0.3) is 0 Å². The molecule has 1 heterocycles. The van der Waals surface area contributed by atoms with Crippen LogP contribution < -0.4 is 0 Å². The van der Waals surface area contributed by atoms with Gasteiger partial charge >= 0.3 is 5.97 Å². The molecule has 0 N–H and O–H groups in total. The molecule has 0 amide bonds. The third-order valence-electron chi connectivity index (χ3n) is 2.79. The molecule has 1 aliphatic heterocycles. The Balaban J connectivity index is 2.40. The number of allylic oxidation sites excluding steroid dienone is 3. The molecule has 0 aromatic carbocycles. The predicted octanol–water partition coefficient (Wildman–Crippen LogP) is 3.15. The molecule has 118 valence electrons. The van der Waals surface area contributed by atoms with Gasteiger partial charge in [-0.2, -0.15) is 5.26 Å². The Bertz CT molecular complexity index is 537. The van der Waals surface area contributed by atoms with Crippen molar-refractivity contribution in [2.24, 2.45) is 0 Å². The lowest BCUT2D eigenvalue weighted by Gasteiger charge is -2.06. The van der Waals surface area contributed by atoms with Gasteiger partial charge in [0.2, 0.25) is 0 Å². The maximum absolute atomic E-state index is 11.8. The molecule has 0 bridgehead atoms. The Morgan fingerprint density at radius 2 is 2.27 bits per heavy atom. The molecule has 1 aliphatic rings. The van der Waals surface area contributed by atoms with E-state index in [1.165, 1.54) is 12.2 Å². The highest BCUT2D eigenvalue weighted by Crippen LogP contribution is 2.30. The van der Waals surface area contributed by atoms with Crippen molar-refractivity contribution in [1.29, 1.82) is 5.26 Å². The molecule has 1 rings (SSSR count). The minimum absolute atomic E-state index is 0.0204.